The van der Waals surface area contributed by atoms with E-state index in [2.05, 4.69) is 10.9 Å². The summed E-state index contributed by atoms with van der Waals surface area (Å²) in [7, 11) is 0. The SMILES string of the molecule is CC12CCC(=O)N1c1ccccc1C(=O)N2CC(=O)NNC(=O)C1COc2ccccc2O1. The zero-order chi connectivity index (χ0) is 23.2. The highest BCUT2D eigenvalue weighted by atomic mass is 16.6. The van der Waals surface area contributed by atoms with Crippen LogP contribution in [0.15, 0.2) is 48.5 Å². The Labute approximate surface area is 189 Å². The molecule has 10 nitrogen and oxygen atoms in total. The third-order valence-electron chi connectivity index (χ3n) is 6.17. The van der Waals surface area contributed by atoms with Crippen molar-refractivity contribution < 1.29 is 28.7 Å². The molecule has 2 N–H and O–H groups in total. The summed E-state index contributed by atoms with van der Waals surface area (Å²) >= 11 is 0. The van der Waals surface area contributed by atoms with Gasteiger partial charge < -0.3 is 14.4 Å². The molecule has 2 unspecified atom stereocenters. The van der Waals surface area contributed by atoms with Crippen molar-refractivity contribution in [2.24, 2.45) is 0 Å². The van der Waals surface area contributed by atoms with E-state index in [1.54, 1.807) is 60.4 Å². The molecule has 4 amide bonds. The molecule has 2 aromatic carbocycles. The van der Waals surface area contributed by atoms with E-state index in [1.165, 1.54) is 4.90 Å². The fourth-order valence-corrected chi connectivity index (χ4v) is 4.48. The van der Waals surface area contributed by atoms with Crippen molar-refractivity contribution >= 4 is 29.3 Å². The molecule has 0 aromatic heterocycles. The van der Waals surface area contributed by atoms with Crippen LogP contribution in [0.1, 0.15) is 30.1 Å². The Balaban J connectivity index is 1.26. The Morgan fingerprint density at radius 1 is 1.06 bits per heavy atom. The summed E-state index contributed by atoms with van der Waals surface area (Å²) in [5, 5.41) is 0. The predicted molar refractivity (Wildman–Crippen MR) is 115 cm³/mol. The van der Waals surface area contributed by atoms with Crippen LogP contribution in [0.3, 0.4) is 0 Å². The number of hydrogen-bond donors (Lipinski definition) is 2. The van der Waals surface area contributed by atoms with Crippen LogP contribution in [-0.2, 0) is 14.4 Å². The molecule has 0 aliphatic carbocycles. The number of fused-ring (bicyclic) bond motifs is 4. The van der Waals surface area contributed by atoms with E-state index >= 15 is 0 Å². The Hall–Kier alpha value is -4.08. The number of nitrogens with one attached hydrogen (secondary N) is 2. The second-order valence-corrected chi connectivity index (χ2v) is 8.26. The fourth-order valence-electron chi connectivity index (χ4n) is 4.48. The highest BCUT2D eigenvalue weighted by Crippen LogP contribution is 2.43. The number of para-hydroxylation sites is 3. The molecule has 2 atom stereocenters. The Kier molecular flexibility index (Phi) is 4.92. The van der Waals surface area contributed by atoms with Crippen molar-refractivity contribution in [1.29, 1.82) is 0 Å². The first-order chi connectivity index (χ1) is 15.9. The molecular formula is C23H22N4O6. The number of nitrogens with zero attached hydrogens (tertiary/aromatic N) is 2. The fraction of sp³-hybridized carbons (Fsp3) is 0.304. The van der Waals surface area contributed by atoms with Crippen molar-refractivity contribution in [3.8, 4) is 11.5 Å². The van der Waals surface area contributed by atoms with E-state index in [0.29, 0.717) is 29.2 Å². The van der Waals surface area contributed by atoms with E-state index in [1.807, 2.05) is 0 Å². The van der Waals surface area contributed by atoms with Crippen molar-refractivity contribution in [2.75, 3.05) is 18.1 Å². The van der Waals surface area contributed by atoms with Gasteiger partial charge in [0.15, 0.2) is 11.5 Å². The molecular weight excluding hydrogens is 428 g/mol. The van der Waals surface area contributed by atoms with Gasteiger partial charge in [-0.2, -0.15) is 0 Å². The van der Waals surface area contributed by atoms with Crippen molar-refractivity contribution in [3.05, 3.63) is 54.1 Å². The monoisotopic (exact) mass is 450 g/mol. The first-order valence-corrected chi connectivity index (χ1v) is 10.6. The summed E-state index contributed by atoms with van der Waals surface area (Å²) in [5.74, 6) is -0.664. The van der Waals surface area contributed by atoms with Crippen molar-refractivity contribution in [3.63, 3.8) is 0 Å². The van der Waals surface area contributed by atoms with Gasteiger partial charge in [0.25, 0.3) is 17.7 Å². The maximum absolute atomic E-state index is 13.2. The molecule has 1 fully saturated rings. The average Bonchev–Trinajstić information content (AvgIpc) is 3.15. The maximum Gasteiger partial charge on any atom is 0.283 e. The summed E-state index contributed by atoms with van der Waals surface area (Å²) in [4.78, 5) is 53.9. The van der Waals surface area contributed by atoms with E-state index in [-0.39, 0.29) is 31.4 Å². The number of anilines is 1. The van der Waals surface area contributed by atoms with Crippen LogP contribution in [0, 0.1) is 0 Å². The predicted octanol–water partition coefficient (Wildman–Crippen LogP) is 0.973. The molecule has 10 heteroatoms. The van der Waals surface area contributed by atoms with Gasteiger partial charge in [0.2, 0.25) is 12.0 Å². The van der Waals surface area contributed by atoms with Crippen molar-refractivity contribution in [1.82, 2.24) is 15.8 Å². The topological polar surface area (TPSA) is 117 Å². The van der Waals surface area contributed by atoms with Gasteiger partial charge in [0.1, 0.15) is 18.8 Å². The second-order valence-electron chi connectivity index (χ2n) is 8.26. The summed E-state index contributed by atoms with van der Waals surface area (Å²) in [6.07, 6.45) is -0.268. The summed E-state index contributed by atoms with van der Waals surface area (Å²) in [6, 6.07) is 13.8. The zero-order valence-electron chi connectivity index (χ0n) is 17.9. The van der Waals surface area contributed by atoms with Crippen LogP contribution in [0.4, 0.5) is 5.69 Å². The van der Waals surface area contributed by atoms with E-state index in [4.69, 9.17) is 9.47 Å². The smallest absolute Gasteiger partial charge is 0.283 e. The lowest BCUT2D eigenvalue weighted by molar-refractivity contribution is -0.135. The molecule has 3 aliphatic heterocycles. The van der Waals surface area contributed by atoms with Crippen LogP contribution < -0.4 is 25.2 Å². The molecule has 0 saturated carbocycles. The molecule has 3 aliphatic rings. The molecule has 170 valence electrons. The van der Waals surface area contributed by atoms with Gasteiger partial charge >= 0.3 is 0 Å². The molecule has 33 heavy (non-hydrogen) atoms. The highest BCUT2D eigenvalue weighted by molar-refractivity contribution is 6.11. The number of carbonyl (C=O) groups is 4. The van der Waals surface area contributed by atoms with Gasteiger partial charge in [0.05, 0.1) is 11.3 Å². The van der Waals surface area contributed by atoms with Crippen molar-refractivity contribution in [2.45, 2.75) is 31.5 Å². The van der Waals surface area contributed by atoms with Crippen LogP contribution in [0.5, 0.6) is 11.5 Å². The molecule has 3 heterocycles. The lowest BCUT2D eigenvalue weighted by Crippen LogP contribution is -2.64. The molecule has 0 bridgehead atoms. The van der Waals surface area contributed by atoms with E-state index < -0.39 is 23.6 Å². The second kappa shape index (κ2) is 7.80. The largest absolute Gasteiger partial charge is 0.485 e. The number of amides is 4. The van der Waals surface area contributed by atoms with Crippen LogP contribution in [0.2, 0.25) is 0 Å². The average molecular weight is 450 g/mol. The third-order valence-corrected chi connectivity index (χ3v) is 6.17. The van der Waals surface area contributed by atoms with E-state index in [0.717, 1.165) is 0 Å². The Morgan fingerprint density at radius 2 is 1.79 bits per heavy atom. The minimum atomic E-state index is -0.964. The number of hydrogen-bond acceptors (Lipinski definition) is 6. The van der Waals surface area contributed by atoms with Gasteiger partial charge in [0, 0.05) is 6.42 Å². The lowest BCUT2D eigenvalue weighted by Gasteiger charge is -2.48. The van der Waals surface area contributed by atoms with Gasteiger partial charge in [-0.15, -0.1) is 0 Å². The standard InChI is InChI=1S/C23H22N4O6/c1-23-11-10-20(29)27(23)15-7-3-2-6-14(15)22(31)26(23)12-19(28)24-25-21(30)18-13-32-16-8-4-5-9-17(16)33-18/h2-9,18H,10-13H2,1H3,(H,24,28)(H,25,30). The first-order valence-electron chi connectivity index (χ1n) is 10.6. The minimum Gasteiger partial charge on any atom is -0.485 e. The zero-order valence-corrected chi connectivity index (χ0v) is 17.9. The molecule has 0 radical (unpaired) electrons. The van der Waals surface area contributed by atoms with Gasteiger partial charge in [-0.25, -0.2) is 0 Å². The number of benzene rings is 2. The van der Waals surface area contributed by atoms with Crippen LogP contribution >= 0.6 is 0 Å². The van der Waals surface area contributed by atoms with Gasteiger partial charge in [-0.1, -0.05) is 24.3 Å². The summed E-state index contributed by atoms with van der Waals surface area (Å²) in [6.45, 7) is 1.43. The Bertz CT molecular complexity index is 1170. The first kappa shape index (κ1) is 20.8. The normalized spacial score (nSPS) is 23.0. The lowest BCUT2D eigenvalue weighted by atomic mass is 9.98. The number of carbonyl (C=O) groups excluding carboxylic acids is 4. The third kappa shape index (κ3) is 3.43. The number of rotatable bonds is 3. The maximum atomic E-state index is 13.2. The molecule has 5 rings (SSSR count). The quantitative estimate of drug-likeness (QED) is 0.673. The van der Waals surface area contributed by atoms with Crippen LogP contribution in [-0.4, -0.2) is 53.4 Å². The molecule has 1 saturated heterocycles. The minimum absolute atomic E-state index is 0.00471. The Morgan fingerprint density at radius 3 is 2.61 bits per heavy atom. The molecule has 2 aromatic rings. The van der Waals surface area contributed by atoms with Gasteiger partial charge in [-0.3, -0.25) is 34.9 Å². The number of ether oxygens (including phenoxy) is 2. The summed E-state index contributed by atoms with van der Waals surface area (Å²) < 4.78 is 11.1. The number of hydrazine groups is 1. The molecule has 0 spiro atoms. The summed E-state index contributed by atoms with van der Waals surface area (Å²) in [5.41, 5.74) is 4.60. The van der Waals surface area contributed by atoms with Gasteiger partial charge in [-0.05, 0) is 37.6 Å². The van der Waals surface area contributed by atoms with E-state index in [9.17, 15) is 19.2 Å². The van der Waals surface area contributed by atoms with Crippen LogP contribution in [0.25, 0.3) is 0 Å². The highest BCUT2D eigenvalue weighted by Gasteiger charge is 2.53.